The van der Waals surface area contributed by atoms with Crippen molar-refractivity contribution in [1.29, 1.82) is 0 Å². The summed E-state index contributed by atoms with van der Waals surface area (Å²) in [6.45, 7) is 8.74. The predicted molar refractivity (Wildman–Crippen MR) is 87.0 cm³/mol. The molecule has 0 saturated heterocycles. The minimum atomic E-state index is 0.519. The number of rotatable bonds is 5. The van der Waals surface area contributed by atoms with Gasteiger partial charge in [0.2, 0.25) is 5.88 Å². The van der Waals surface area contributed by atoms with E-state index in [2.05, 4.69) is 31.0 Å². The van der Waals surface area contributed by atoms with E-state index < -0.39 is 0 Å². The highest BCUT2D eigenvalue weighted by Crippen LogP contribution is 2.21. The highest BCUT2D eigenvalue weighted by Gasteiger charge is 2.02. The van der Waals surface area contributed by atoms with Crippen molar-refractivity contribution >= 4 is 0 Å². The summed E-state index contributed by atoms with van der Waals surface area (Å²) < 4.78 is 10.9. The van der Waals surface area contributed by atoms with Crippen LogP contribution < -0.4 is 9.47 Å². The summed E-state index contributed by atoms with van der Waals surface area (Å²) in [5.41, 5.74) is 3.54. The molecule has 2 aromatic rings. The quantitative estimate of drug-likeness (QED) is 0.807. The Labute approximate surface area is 127 Å². The smallest absolute Gasteiger partial charge is 0.213 e. The summed E-state index contributed by atoms with van der Waals surface area (Å²) in [4.78, 5) is 4.08. The second kappa shape index (κ2) is 9.01. The Hall–Kier alpha value is -2.03. The lowest BCUT2D eigenvalue weighted by Crippen LogP contribution is -1.98. The molecule has 0 bridgehead atoms. The van der Waals surface area contributed by atoms with Crippen LogP contribution >= 0.6 is 0 Å². The summed E-state index contributed by atoms with van der Waals surface area (Å²) in [7, 11) is 1.61. The summed E-state index contributed by atoms with van der Waals surface area (Å²) in [6.07, 6.45) is 2.77. The van der Waals surface area contributed by atoms with Gasteiger partial charge in [-0.25, -0.2) is 4.98 Å². The van der Waals surface area contributed by atoms with Crippen molar-refractivity contribution < 1.29 is 9.47 Å². The van der Waals surface area contributed by atoms with Crippen molar-refractivity contribution in [2.75, 3.05) is 7.11 Å². The molecule has 21 heavy (non-hydrogen) atoms. The summed E-state index contributed by atoms with van der Waals surface area (Å²) in [5, 5.41) is 0. The van der Waals surface area contributed by atoms with Crippen LogP contribution in [0.15, 0.2) is 36.5 Å². The average Bonchev–Trinajstić information content (AvgIpc) is 2.55. The number of aromatic nitrogens is 1. The van der Waals surface area contributed by atoms with E-state index >= 15 is 0 Å². The van der Waals surface area contributed by atoms with Crippen LogP contribution in [0, 0.1) is 6.92 Å². The molecule has 0 aliphatic carbocycles. The van der Waals surface area contributed by atoms with Crippen molar-refractivity contribution in [3.63, 3.8) is 0 Å². The summed E-state index contributed by atoms with van der Waals surface area (Å²) >= 11 is 0. The van der Waals surface area contributed by atoms with Gasteiger partial charge in [0.1, 0.15) is 12.4 Å². The first kappa shape index (κ1) is 17.0. The molecule has 1 aromatic heterocycles. The van der Waals surface area contributed by atoms with E-state index in [4.69, 9.17) is 9.47 Å². The number of hydrogen-bond donors (Lipinski definition) is 0. The molecule has 0 spiro atoms. The zero-order valence-corrected chi connectivity index (χ0v) is 13.6. The van der Waals surface area contributed by atoms with Crippen molar-refractivity contribution in [3.05, 3.63) is 53.2 Å². The van der Waals surface area contributed by atoms with Crippen molar-refractivity contribution in [1.82, 2.24) is 4.98 Å². The Morgan fingerprint density at radius 2 is 1.81 bits per heavy atom. The molecule has 0 aliphatic rings. The second-order valence-electron chi connectivity index (χ2n) is 4.45. The molecule has 0 fully saturated rings. The van der Waals surface area contributed by atoms with Crippen LogP contribution in [0.4, 0.5) is 0 Å². The molecule has 0 atom stereocenters. The molecule has 0 unspecified atom stereocenters. The molecule has 0 radical (unpaired) electrons. The van der Waals surface area contributed by atoms with E-state index in [1.54, 1.807) is 13.3 Å². The van der Waals surface area contributed by atoms with E-state index in [0.29, 0.717) is 12.5 Å². The largest absolute Gasteiger partial charge is 0.489 e. The Bertz CT molecular complexity index is 553. The Kier molecular flexibility index (Phi) is 7.30. The molecular weight excluding hydrogens is 262 g/mol. The van der Waals surface area contributed by atoms with Crippen LogP contribution in [0.3, 0.4) is 0 Å². The van der Waals surface area contributed by atoms with E-state index in [-0.39, 0.29) is 0 Å². The van der Waals surface area contributed by atoms with Crippen LogP contribution in [0.25, 0.3) is 0 Å². The minimum absolute atomic E-state index is 0.519. The number of ether oxygens (including phenoxy) is 2. The summed E-state index contributed by atoms with van der Waals surface area (Å²) in [6, 6.07) is 10.1. The van der Waals surface area contributed by atoms with Crippen LogP contribution in [-0.4, -0.2) is 12.1 Å². The highest BCUT2D eigenvalue weighted by atomic mass is 16.5. The maximum Gasteiger partial charge on any atom is 0.213 e. The van der Waals surface area contributed by atoms with Gasteiger partial charge >= 0.3 is 0 Å². The molecular formula is C18H25NO2. The van der Waals surface area contributed by atoms with Crippen LogP contribution in [0.2, 0.25) is 0 Å². The third-order valence-corrected chi connectivity index (χ3v) is 3.05. The summed E-state index contributed by atoms with van der Waals surface area (Å²) in [5.74, 6) is 1.53. The van der Waals surface area contributed by atoms with Gasteiger partial charge in [0.15, 0.2) is 0 Å². The number of nitrogens with zero attached hydrogens (tertiary/aromatic N) is 1. The monoisotopic (exact) mass is 287 g/mol. The highest BCUT2D eigenvalue weighted by molar-refractivity contribution is 5.36. The van der Waals surface area contributed by atoms with Gasteiger partial charge in [0.05, 0.1) is 7.11 Å². The topological polar surface area (TPSA) is 31.4 Å². The lowest BCUT2D eigenvalue weighted by Gasteiger charge is -2.10. The van der Waals surface area contributed by atoms with Gasteiger partial charge in [-0.2, -0.15) is 0 Å². The first-order chi connectivity index (χ1) is 10.2. The third-order valence-electron chi connectivity index (χ3n) is 3.05. The molecule has 0 saturated carbocycles. The van der Waals surface area contributed by atoms with Gasteiger partial charge in [-0.15, -0.1) is 0 Å². The Morgan fingerprint density at radius 3 is 2.43 bits per heavy atom. The molecule has 114 valence electrons. The predicted octanol–water partition coefficient (Wildman–Crippen LogP) is 4.57. The molecule has 1 aromatic carbocycles. The van der Waals surface area contributed by atoms with Gasteiger partial charge in [-0.3, -0.25) is 0 Å². The molecule has 2 rings (SSSR count). The Balaban J connectivity index is 0.00000106. The van der Waals surface area contributed by atoms with E-state index in [1.807, 2.05) is 32.0 Å². The normalized spacial score (nSPS) is 9.57. The maximum absolute atomic E-state index is 5.84. The van der Waals surface area contributed by atoms with Gasteiger partial charge in [0, 0.05) is 12.3 Å². The molecule has 1 heterocycles. The Morgan fingerprint density at radius 1 is 1.05 bits per heavy atom. The standard InChI is InChI=1S/C16H19NO2.C2H6/c1-4-13-5-6-15(12(2)9-13)19-11-14-7-8-17-16(10-14)18-3;1-2/h5-10H,4,11H2,1-3H3;1-2H3. The molecule has 0 aliphatic heterocycles. The first-order valence-corrected chi connectivity index (χ1v) is 7.44. The zero-order chi connectivity index (χ0) is 15.7. The van der Waals surface area contributed by atoms with E-state index in [1.165, 1.54) is 11.1 Å². The van der Waals surface area contributed by atoms with Gasteiger partial charge < -0.3 is 9.47 Å². The number of methoxy groups -OCH3 is 1. The third kappa shape index (κ3) is 5.10. The van der Waals surface area contributed by atoms with Crippen LogP contribution in [0.1, 0.15) is 37.5 Å². The van der Waals surface area contributed by atoms with Crippen molar-refractivity contribution in [2.24, 2.45) is 0 Å². The number of aryl methyl sites for hydroxylation is 2. The first-order valence-electron chi connectivity index (χ1n) is 7.44. The maximum atomic E-state index is 5.84. The lowest BCUT2D eigenvalue weighted by molar-refractivity contribution is 0.302. The average molecular weight is 287 g/mol. The lowest BCUT2D eigenvalue weighted by atomic mass is 10.1. The van der Waals surface area contributed by atoms with Crippen LogP contribution in [-0.2, 0) is 13.0 Å². The van der Waals surface area contributed by atoms with Gasteiger partial charge in [-0.1, -0.05) is 32.9 Å². The number of hydrogen-bond acceptors (Lipinski definition) is 3. The fraction of sp³-hybridized carbons (Fsp3) is 0.389. The molecule has 0 N–H and O–H groups in total. The number of benzene rings is 1. The van der Waals surface area contributed by atoms with Crippen molar-refractivity contribution in [3.8, 4) is 11.6 Å². The fourth-order valence-corrected chi connectivity index (χ4v) is 1.91. The fourth-order valence-electron chi connectivity index (χ4n) is 1.91. The van der Waals surface area contributed by atoms with Crippen molar-refractivity contribution in [2.45, 2.75) is 40.7 Å². The van der Waals surface area contributed by atoms with Crippen LogP contribution in [0.5, 0.6) is 11.6 Å². The zero-order valence-electron chi connectivity index (χ0n) is 13.6. The second-order valence-corrected chi connectivity index (χ2v) is 4.45. The SMILES string of the molecule is CC.CCc1ccc(OCc2ccnc(OC)c2)c(C)c1. The van der Waals surface area contributed by atoms with E-state index in [9.17, 15) is 0 Å². The van der Waals surface area contributed by atoms with Gasteiger partial charge in [0.25, 0.3) is 0 Å². The molecule has 0 amide bonds. The van der Waals surface area contributed by atoms with Gasteiger partial charge in [-0.05, 0) is 42.2 Å². The van der Waals surface area contributed by atoms with E-state index in [0.717, 1.165) is 17.7 Å². The minimum Gasteiger partial charge on any atom is -0.489 e. The molecule has 3 nitrogen and oxygen atoms in total. The molecule has 3 heteroatoms. The number of pyridine rings is 1.